The summed E-state index contributed by atoms with van der Waals surface area (Å²) in [6.07, 6.45) is 0. The molecule has 0 fully saturated rings. The van der Waals surface area contributed by atoms with Gasteiger partial charge in [0.15, 0.2) is 0 Å². The van der Waals surface area contributed by atoms with Crippen LogP contribution in [0.25, 0.3) is 72.0 Å². The Labute approximate surface area is 425 Å². The van der Waals surface area contributed by atoms with Crippen LogP contribution in [0.3, 0.4) is 0 Å². The molecule has 1 aliphatic heterocycles. The van der Waals surface area contributed by atoms with Crippen molar-refractivity contribution in [2.45, 2.75) is 24.7 Å². The molecule has 0 atom stereocenters. The highest BCUT2D eigenvalue weighted by atomic mass is 16.5. The Balaban J connectivity index is 0.916. The molecule has 1 aromatic heterocycles. The summed E-state index contributed by atoms with van der Waals surface area (Å²) in [5, 5.41) is 2.53. The van der Waals surface area contributed by atoms with Crippen molar-refractivity contribution in [3.8, 4) is 61.7 Å². The molecule has 3 aliphatic rings. The van der Waals surface area contributed by atoms with Gasteiger partial charge in [-0.25, -0.2) is 0 Å². The van der Waals surface area contributed by atoms with Crippen LogP contribution < -0.4 is 9.64 Å². The molecule has 1 spiro atoms. The minimum absolute atomic E-state index is 0.177. The zero-order chi connectivity index (χ0) is 48.4. The molecule has 2 aliphatic carbocycles. The molecular weight excluding hydrogens is 885 g/mol. The van der Waals surface area contributed by atoms with E-state index in [-0.39, 0.29) is 5.41 Å². The third kappa shape index (κ3) is 5.94. The standard InChI is InChI=1S/C70H48N2O/c1-69(2)59-24-10-5-21-55(59)56-41-39-49(43-63(56)69)71(47-35-31-45(32-36-47)46-33-37-48(38-34-46)72-65-28-14-8-22-57(65)58-23-9-15-29-66(58)72)50-40-42-68-64(44-50)70(62-27-13-16-30-67(62)73-68)60-25-11-6-19-53(60)51-17-3-4-18-52(51)54-20-7-12-26-61(54)70/h3-44H,1-2H3. The van der Waals surface area contributed by atoms with E-state index in [1.807, 2.05) is 0 Å². The van der Waals surface area contributed by atoms with E-state index in [4.69, 9.17) is 4.74 Å². The van der Waals surface area contributed by atoms with Gasteiger partial charge in [0.1, 0.15) is 11.5 Å². The van der Waals surface area contributed by atoms with Crippen LogP contribution >= 0.6 is 0 Å². The Bertz CT molecular complexity index is 4090. The second-order valence-electron chi connectivity index (χ2n) is 20.4. The highest BCUT2D eigenvalue weighted by molar-refractivity contribution is 6.09. The summed E-state index contributed by atoms with van der Waals surface area (Å²) in [6.45, 7) is 4.73. The van der Waals surface area contributed by atoms with Crippen molar-refractivity contribution >= 4 is 38.9 Å². The summed E-state index contributed by atoms with van der Waals surface area (Å²) in [4.78, 5) is 2.45. The van der Waals surface area contributed by atoms with Crippen molar-refractivity contribution in [3.63, 3.8) is 0 Å². The van der Waals surface area contributed by atoms with Gasteiger partial charge in [0.25, 0.3) is 0 Å². The Morgan fingerprint density at radius 3 is 1.37 bits per heavy atom. The first kappa shape index (κ1) is 41.6. The van der Waals surface area contributed by atoms with Crippen molar-refractivity contribution in [1.82, 2.24) is 4.57 Å². The van der Waals surface area contributed by atoms with Crippen LogP contribution in [0.4, 0.5) is 17.1 Å². The number of fused-ring (bicyclic) bond motifs is 17. The Morgan fingerprint density at radius 2 is 0.753 bits per heavy atom. The van der Waals surface area contributed by atoms with Crippen LogP contribution in [-0.2, 0) is 10.8 Å². The molecule has 11 aromatic carbocycles. The zero-order valence-electron chi connectivity index (χ0n) is 40.6. The lowest BCUT2D eigenvalue weighted by atomic mass is 9.62. The van der Waals surface area contributed by atoms with E-state index in [0.29, 0.717) is 0 Å². The molecule has 0 amide bonds. The summed E-state index contributed by atoms with van der Waals surface area (Å²) in [5.41, 5.74) is 23.1. The van der Waals surface area contributed by atoms with Gasteiger partial charge in [-0.05, 0) is 140 Å². The van der Waals surface area contributed by atoms with Crippen molar-refractivity contribution in [2.75, 3.05) is 4.90 Å². The number of hydrogen-bond donors (Lipinski definition) is 0. The van der Waals surface area contributed by atoms with E-state index in [1.165, 1.54) is 77.4 Å². The maximum Gasteiger partial charge on any atom is 0.132 e. The quantitative estimate of drug-likeness (QED) is 0.171. The van der Waals surface area contributed by atoms with Crippen molar-refractivity contribution < 1.29 is 4.74 Å². The van der Waals surface area contributed by atoms with Gasteiger partial charge in [-0.3, -0.25) is 0 Å². The third-order valence-electron chi connectivity index (χ3n) is 16.3. The van der Waals surface area contributed by atoms with Crippen LogP contribution in [0, 0.1) is 0 Å². The normalized spacial score (nSPS) is 13.9. The number of rotatable bonds is 5. The highest BCUT2D eigenvalue weighted by Gasteiger charge is 2.49. The molecule has 0 saturated heterocycles. The molecule has 15 rings (SSSR count). The number of anilines is 3. The molecule has 73 heavy (non-hydrogen) atoms. The van der Waals surface area contributed by atoms with Crippen LogP contribution in [0.5, 0.6) is 11.5 Å². The molecule has 3 heteroatoms. The molecule has 344 valence electrons. The molecular formula is C70H48N2O. The number of benzene rings is 11. The van der Waals surface area contributed by atoms with Gasteiger partial charge in [0.2, 0.25) is 0 Å². The van der Waals surface area contributed by atoms with Crippen molar-refractivity contribution in [2.24, 2.45) is 0 Å². The van der Waals surface area contributed by atoms with Gasteiger partial charge >= 0.3 is 0 Å². The molecule has 0 radical (unpaired) electrons. The summed E-state index contributed by atoms with van der Waals surface area (Å²) in [5.74, 6) is 1.72. The fourth-order valence-electron chi connectivity index (χ4n) is 13.0. The SMILES string of the molecule is CC1(C)c2ccccc2-c2ccc(N(c3ccc(-c4ccc(-n5c6ccccc6c6ccccc65)cc4)cc3)c3ccc4c(c3)C3(c5ccccc5O4)c4ccccc4-c4ccccc4-c4ccccc43)cc21. The maximum atomic E-state index is 7.04. The van der Waals surface area contributed by atoms with Gasteiger partial charge < -0.3 is 14.2 Å². The van der Waals surface area contributed by atoms with Crippen LogP contribution in [0.1, 0.15) is 47.2 Å². The molecule has 12 aromatic rings. The van der Waals surface area contributed by atoms with Gasteiger partial charge in [0, 0.05) is 50.1 Å². The smallest absolute Gasteiger partial charge is 0.132 e. The highest BCUT2D eigenvalue weighted by Crippen LogP contribution is 2.62. The predicted molar refractivity (Wildman–Crippen MR) is 301 cm³/mol. The average Bonchev–Trinajstić information content (AvgIpc) is 3.86. The third-order valence-corrected chi connectivity index (χ3v) is 16.3. The predicted octanol–water partition coefficient (Wildman–Crippen LogP) is 18.4. The van der Waals surface area contributed by atoms with Gasteiger partial charge in [-0.2, -0.15) is 0 Å². The number of aromatic nitrogens is 1. The summed E-state index contributed by atoms with van der Waals surface area (Å²) in [7, 11) is 0. The molecule has 0 unspecified atom stereocenters. The van der Waals surface area contributed by atoms with Crippen molar-refractivity contribution in [1.29, 1.82) is 0 Å². The van der Waals surface area contributed by atoms with Crippen LogP contribution in [0.15, 0.2) is 255 Å². The first-order valence-corrected chi connectivity index (χ1v) is 25.4. The van der Waals surface area contributed by atoms with E-state index < -0.39 is 5.41 Å². The summed E-state index contributed by atoms with van der Waals surface area (Å²) >= 11 is 0. The molecule has 0 N–H and O–H groups in total. The lowest BCUT2D eigenvalue weighted by Crippen LogP contribution is -2.35. The first-order valence-electron chi connectivity index (χ1n) is 25.4. The Kier molecular flexibility index (Phi) is 8.92. The second kappa shape index (κ2) is 15.7. The van der Waals surface area contributed by atoms with E-state index in [1.54, 1.807) is 0 Å². The van der Waals surface area contributed by atoms with E-state index in [9.17, 15) is 0 Å². The first-order chi connectivity index (χ1) is 36.0. The van der Waals surface area contributed by atoms with E-state index >= 15 is 0 Å². The van der Waals surface area contributed by atoms with Crippen LogP contribution in [-0.4, -0.2) is 4.57 Å². The minimum Gasteiger partial charge on any atom is -0.457 e. The fraction of sp³-hybridized carbons (Fsp3) is 0.0571. The fourth-order valence-corrected chi connectivity index (χ4v) is 13.0. The van der Waals surface area contributed by atoms with Gasteiger partial charge in [-0.15, -0.1) is 0 Å². The lowest BCUT2D eigenvalue weighted by molar-refractivity contribution is 0.435. The topological polar surface area (TPSA) is 17.4 Å². The Hall–Kier alpha value is -9.18. The lowest BCUT2D eigenvalue weighted by Gasteiger charge is -2.43. The Morgan fingerprint density at radius 1 is 0.329 bits per heavy atom. The van der Waals surface area contributed by atoms with Crippen LogP contribution in [0.2, 0.25) is 0 Å². The summed E-state index contributed by atoms with van der Waals surface area (Å²) < 4.78 is 9.42. The van der Waals surface area contributed by atoms with Gasteiger partial charge in [0.05, 0.1) is 16.4 Å². The molecule has 2 heterocycles. The van der Waals surface area contributed by atoms with E-state index in [0.717, 1.165) is 56.5 Å². The largest absolute Gasteiger partial charge is 0.457 e. The second-order valence-corrected chi connectivity index (χ2v) is 20.4. The van der Waals surface area contributed by atoms with Crippen molar-refractivity contribution in [3.05, 3.63) is 288 Å². The number of nitrogens with zero attached hydrogens (tertiary/aromatic N) is 2. The minimum atomic E-state index is -0.727. The molecule has 0 bridgehead atoms. The summed E-state index contributed by atoms with van der Waals surface area (Å²) in [6, 6.07) is 94.1. The monoisotopic (exact) mass is 932 g/mol. The maximum absolute atomic E-state index is 7.04. The van der Waals surface area contributed by atoms with E-state index in [2.05, 4.69) is 278 Å². The molecule has 3 nitrogen and oxygen atoms in total. The molecule has 0 saturated carbocycles. The number of hydrogen-bond acceptors (Lipinski definition) is 2. The zero-order valence-corrected chi connectivity index (χ0v) is 40.6. The number of para-hydroxylation sites is 3. The van der Waals surface area contributed by atoms with Gasteiger partial charge in [-0.1, -0.05) is 196 Å². The number of ether oxygens (including phenoxy) is 1. The average molecular weight is 933 g/mol.